The zero-order valence-corrected chi connectivity index (χ0v) is 8.31. The van der Waals surface area contributed by atoms with Gasteiger partial charge in [-0.3, -0.25) is 0 Å². The van der Waals surface area contributed by atoms with Crippen molar-refractivity contribution in [1.29, 1.82) is 0 Å². The molecule has 0 saturated heterocycles. The summed E-state index contributed by atoms with van der Waals surface area (Å²) in [5, 5.41) is 9.06. The van der Waals surface area contributed by atoms with E-state index in [1.54, 1.807) is 6.08 Å². The molecule has 15 heavy (non-hydrogen) atoms. The number of aliphatic carboxylic acids is 1. The monoisotopic (exact) mass is 200 g/mol. The molecule has 1 N–H and O–H groups in total. The first kappa shape index (κ1) is 9.71. The Morgan fingerprint density at radius 2 is 1.73 bits per heavy atom. The number of hydrogen-bond acceptors (Lipinski definition) is 1. The Morgan fingerprint density at radius 1 is 1.07 bits per heavy atom. The minimum Gasteiger partial charge on any atom is -0.478 e. The van der Waals surface area contributed by atoms with Gasteiger partial charge in [0.1, 0.15) is 0 Å². The van der Waals surface area contributed by atoms with E-state index in [1.165, 1.54) is 0 Å². The normalized spacial score (nSPS) is 15.5. The van der Waals surface area contributed by atoms with E-state index in [2.05, 4.69) is 0 Å². The van der Waals surface area contributed by atoms with E-state index < -0.39 is 5.97 Å². The van der Waals surface area contributed by atoms with Crippen LogP contribution in [0.15, 0.2) is 48.1 Å². The van der Waals surface area contributed by atoms with Gasteiger partial charge in [0.05, 0.1) is 5.57 Å². The van der Waals surface area contributed by atoms with E-state index in [0.29, 0.717) is 5.57 Å². The van der Waals surface area contributed by atoms with E-state index >= 15 is 0 Å². The highest BCUT2D eigenvalue weighted by atomic mass is 16.4. The second-order valence-electron chi connectivity index (χ2n) is 3.48. The Bertz CT molecular complexity index is 427. The molecule has 0 heterocycles. The van der Waals surface area contributed by atoms with Crippen molar-refractivity contribution in [3.05, 3.63) is 53.6 Å². The maximum atomic E-state index is 11.0. The molecular weight excluding hydrogens is 188 g/mol. The Morgan fingerprint density at radius 3 is 2.40 bits per heavy atom. The van der Waals surface area contributed by atoms with E-state index in [0.717, 1.165) is 24.0 Å². The quantitative estimate of drug-likeness (QED) is 0.797. The van der Waals surface area contributed by atoms with Crippen LogP contribution in [0.4, 0.5) is 0 Å². The lowest BCUT2D eigenvalue weighted by Gasteiger charge is -2.12. The van der Waals surface area contributed by atoms with Crippen LogP contribution in [0, 0.1) is 0 Å². The minimum absolute atomic E-state index is 0.424. The number of benzene rings is 1. The summed E-state index contributed by atoms with van der Waals surface area (Å²) in [6.07, 6.45) is 5.53. The maximum Gasteiger partial charge on any atom is 0.335 e. The van der Waals surface area contributed by atoms with E-state index in [9.17, 15) is 4.79 Å². The van der Waals surface area contributed by atoms with Gasteiger partial charge in [0.25, 0.3) is 0 Å². The van der Waals surface area contributed by atoms with Gasteiger partial charge in [0.2, 0.25) is 0 Å². The van der Waals surface area contributed by atoms with Gasteiger partial charge in [0, 0.05) is 0 Å². The van der Waals surface area contributed by atoms with Crippen molar-refractivity contribution in [2.45, 2.75) is 12.8 Å². The number of hydrogen-bond donors (Lipinski definition) is 1. The van der Waals surface area contributed by atoms with Gasteiger partial charge >= 0.3 is 5.97 Å². The van der Waals surface area contributed by atoms with Gasteiger partial charge < -0.3 is 5.11 Å². The van der Waals surface area contributed by atoms with Crippen molar-refractivity contribution < 1.29 is 9.90 Å². The number of carboxylic acid groups (broad SMARTS) is 1. The van der Waals surface area contributed by atoms with Gasteiger partial charge in [-0.05, 0) is 24.0 Å². The molecule has 0 spiro atoms. The predicted molar refractivity (Wildman–Crippen MR) is 59.4 cm³/mol. The van der Waals surface area contributed by atoms with E-state index in [-0.39, 0.29) is 0 Å². The predicted octanol–water partition coefficient (Wildman–Crippen LogP) is 2.87. The number of carbonyl (C=O) groups is 1. The van der Waals surface area contributed by atoms with Gasteiger partial charge in [-0.25, -0.2) is 4.79 Å². The van der Waals surface area contributed by atoms with Crippen LogP contribution in [0.2, 0.25) is 0 Å². The molecule has 0 unspecified atom stereocenters. The molecule has 0 bridgehead atoms. The minimum atomic E-state index is -0.843. The topological polar surface area (TPSA) is 37.3 Å². The molecule has 76 valence electrons. The summed E-state index contributed by atoms with van der Waals surface area (Å²) in [5.74, 6) is -0.843. The van der Waals surface area contributed by atoms with Crippen LogP contribution in [0.25, 0.3) is 5.57 Å². The molecule has 0 saturated carbocycles. The fourth-order valence-electron chi connectivity index (χ4n) is 1.77. The second-order valence-corrected chi connectivity index (χ2v) is 3.48. The Balaban J connectivity index is 2.40. The highest BCUT2D eigenvalue weighted by molar-refractivity contribution is 6.05. The SMILES string of the molecule is O=C(O)C1=CCCC=C1c1ccccc1. The van der Waals surface area contributed by atoms with Crippen molar-refractivity contribution in [1.82, 2.24) is 0 Å². The third-order valence-corrected chi connectivity index (χ3v) is 2.47. The summed E-state index contributed by atoms with van der Waals surface area (Å²) in [5.41, 5.74) is 2.24. The van der Waals surface area contributed by atoms with E-state index in [4.69, 9.17) is 5.11 Å². The van der Waals surface area contributed by atoms with Crippen molar-refractivity contribution in [2.75, 3.05) is 0 Å². The van der Waals surface area contributed by atoms with Crippen molar-refractivity contribution in [2.24, 2.45) is 0 Å². The van der Waals surface area contributed by atoms with Gasteiger partial charge in [-0.1, -0.05) is 42.5 Å². The first-order chi connectivity index (χ1) is 7.29. The number of allylic oxidation sites excluding steroid dienone is 2. The van der Waals surface area contributed by atoms with Gasteiger partial charge in [-0.2, -0.15) is 0 Å². The molecule has 0 aliphatic heterocycles. The summed E-state index contributed by atoms with van der Waals surface area (Å²) >= 11 is 0. The smallest absolute Gasteiger partial charge is 0.335 e. The molecule has 2 heteroatoms. The van der Waals surface area contributed by atoms with Crippen molar-refractivity contribution >= 4 is 11.5 Å². The molecule has 2 rings (SSSR count). The fraction of sp³-hybridized carbons (Fsp3) is 0.154. The standard InChI is InChI=1S/C13H12O2/c14-13(15)12-9-5-4-8-11(12)10-6-2-1-3-7-10/h1-3,6-9H,4-5H2,(H,14,15). The largest absolute Gasteiger partial charge is 0.478 e. The van der Waals surface area contributed by atoms with E-state index in [1.807, 2.05) is 36.4 Å². The highest BCUT2D eigenvalue weighted by Gasteiger charge is 2.16. The van der Waals surface area contributed by atoms with Crippen LogP contribution >= 0.6 is 0 Å². The molecule has 1 aromatic carbocycles. The van der Waals surface area contributed by atoms with Crippen LogP contribution in [-0.4, -0.2) is 11.1 Å². The van der Waals surface area contributed by atoms with Crippen LogP contribution in [-0.2, 0) is 4.79 Å². The Labute approximate surface area is 88.6 Å². The molecule has 0 atom stereocenters. The Kier molecular flexibility index (Phi) is 2.68. The second kappa shape index (κ2) is 4.13. The summed E-state index contributed by atoms with van der Waals surface area (Å²) in [6.45, 7) is 0. The molecule has 0 aromatic heterocycles. The van der Waals surface area contributed by atoms with Gasteiger partial charge in [-0.15, -0.1) is 0 Å². The first-order valence-electron chi connectivity index (χ1n) is 4.98. The average molecular weight is 200 g/mol. The van der Waals surface area contributed by atoms with Crippen molar-refractivity contribution in [3.63, 3.8) is 0 Å². The Hall–Kier alpha value is -1.83. The number of rotatable bonds is 2. The zero-order chi connectivity index (χ0) is 10.7. The molecular formula is C13H12O2. The molecule has 2 nitrogen and oxygen atoms in total. The molecule has 1 aliphatic rings. The van der Waals surface area contributed by atoms with Gasteiger partial charge in [0.15, 0.2) is 0 Å². The van der Waals surface area contributed by atoms with Crippen LogP contribution in [0.3, 0.4) is 0 Å². The van der Waals surface area contributed by atoms with Crippen LogP contribution in [0.1, 0.15) is 18.4 Å². The lowest BCUT2D eigenvalue weighted by atomic mass is 9.92. The first-order valence-corrected chi connectivity index (χ1v) is 4.98. The third kappa shape index (κ3) is 1.99. The lowest BCUT2D eigenvalue weighted by Crippen LogP contribution is -2.05. The number of carboxylic acids is 1. The highest BCUT2D eigenvalue weighted by Crippen LogP contribution is 2.27. The maximum absolute atomic E-state index is 11.0. The molecule has 1 aliphatic carbocycles. The average Bonchev–Trinajstić information content (AvgIpc) is 2.30. The zero-order valence-electron chi connectivity index (χ0n) is 8.31. The third-order valence-electron chi connectivity index (χ3n) is 2.47. The molecule has 1 aromatic rings. The lowest BCUT2D eigenvalue weighted by molar-refractivity contribution is -0.132. The van der Waals surface area contributed by atoms with Crippen molar-refractivity contribution in [3.8, 4) is 0 Å². The molecule has 0 radical (unpaired) electrons. The summed E-state index contributed by atoms with van der Waals surface area (Å²) in [6, 6.07) is 9.65. The summed E-state index contributed by atoms with van der Waals surface area (Å²) in [4.78, 5) is 11.0. The van der Waals surface area contributed by atoms with Crippen LogP contribution < -0.4 is 0 Å². The molecule has 0 fully saturated rings. The molecule has 0 amide bonds. The summed E-state index contributed by atoms with van der Waals surface area (Å²) in [7, 11) is 0. The fourth-order valence-corrected chi connectivity index (χ4v) is 1.77. The van der Waals surface area contributed by atoms with Crippen LogP contribution in [0.5, 0.6) is 0 Å². The summed E-state index contributed by atoms with van der Waals surface area (Å²) < 4.78 is 0.